The number of nitrogens with zero attached hydrogens (tertiary/aromatic N) is 2. The van der Waals surface area contributed by atoms with Gasteiger partial charge in [-0.3, -0.25) is 9.69 Å². The highest BCUT2D eigenvalue weighted by Crippen LogP contribution is 2.16. The molecule has 6 heteroatoms. The maximum absolute atomic E-state index is 11.8. The van der Waals surface area contributed by atoms with Crippen LogP contribution in [0, 0.1) is 0 Å². The lowest BCUT2D eigenvalue weighted by atomic mass is 10.2. The van der Waals surface area contributed by atoms with E-state index in [0.717, 1.165) is 32.6 Å². The molecule has 0 bridgehead atoms. The van der Waals surface area contributed by atoms with Crippen molar-refractivity contribution in [2.45, 2.75) is 45.7 Å². The lowest BCUT2D eigenvalue weighted by Gasteiger charge is -2.26. The Morgan fingerprint density at radius 1 is 1.39 bits per heavy atom. The van der Waals surface area contributed by atoms with Crippen LogP contribution in [0.3, 0.4) is 0 Å². The summed E-state index contributed by atoms with van der Waals surface area (Å²) in [6.45, 7) is 10.1. The van der Waals surface area contributed by atoms with Gasteiger partial charge in [0.05, 0.1) is 0 Å². The van der Waals surface area contributed by atoms with Gasteiger partial charge in [0, 0.05) is 31.6 Å². The van der Waals surface area contributed by atoms with Crippen molar-refractivity contribution in [1.29, 1.82) is 0 Å². The van der Waals surface area contributed by atoms with Gasteiger partial charge < -0.3 is 10.6 Å². The van der Waals surface area contributed by atoms with E-state index in [1.54, 1.807) is 0 Å². The minimum absolute atomic E-state index is 0. The molecular weight excluding hydrogens is 273 g/mol. The van der Waals surface area contributed by atoms with Crippen LogP contribution in [-0.4, -0.2) is 54.0 Å². The first-order chi connectivity index (χ1) is 7.58. The molecule has 1 fully saturated rings. The van der Waals surface area contributed by atoms with E-state index in [4.69, 9.17) is 5.73 Å². The molecule has 1 aliphatic heterocycles. The Labute approximate surface area is 123 Å². The van der Waals surface area contributed by atoms with Crippen LogP contribution >= 0.6 is 24.8 Å². The molecule has 110 valence electrons. The first kappa shape index (κ1) is 20.3. The first-order valence-corrected chi connectivity index (χ1v) is 6.35. The third-order valence-corrected chi connectivity index (χ3v) is 3.34. The van der Waals surface area contributed by atoms with Crippen LogP contribution in [0.15, 0.2) is 0 Å². The monoisotopic (exact) mass is 299 g/mol. The molecule has 18 heavy (non-hydrogen) atoms. The highest BCUT2D eigenvalue weighted by Gasteiger charge is 2.28. The maximum atomic E-state index is 11.8. The van der Waals surface area contributed by atoms with Gasteiger partial charge in [-0.25, -0.2) is 0 Å². The van der Waals surface area contributed by atoms with Crippen molar-refractivity contribution in [3.8, 4) is 0 Å². The molecule has 0 spiro atoms. The molecule has 0 aromatic carbocycles. The molecule has 1 rings (SSSR count). The van der Waals surface area contributed by atoms with Crippen LogP contribution in [0.25, 0.3) is 0 Å². The van der Waals surface area contributed by atoms with Crippen molar-refractivity contribution in [1.82, 2.24) is 9.80 Å². The molecule has 0 aromatic heterocycles. The number of hydrogen-bond acceptors (Lipinski definition) is 3. The summed E-state index contributed by atoms with van der Waals surface area (Å²) >= 11 is 0. The Morgan fingerprint density at radius 2 is 1.94 bits per heavy atom. The Hall–Kier alpha value is -0.0300. The number of rotatable bonds is 5. The summed E-state index contributed by atoms with van der Waals surface area (Å²) in [6, 6.07) is 0.520. The summed E-state index contributed by atoms with van der Waals surface area (Å²) in [5, 5.41) is 0. The number of nitrogens with two attached hydrogens (primary N) is 1. The van der Waals surface area contributed by atoms with Gasteiger partial charge in [-0.1, -0.05) is 13.8 Å². The molecule has 2 N–H and O–H groups in total. The van der Waals surface area contributed by atoms with Gasteiger partial charge in [0.25, 0.3) is 0 Å². The zero-order valence-corrected chi connectivity index (χ0v) is 13.2. The number of likely N-dealkylation sites (tertiary alicyclic amines) is 1. The molecule has 0 aliphatic carbocycles. The Balaban J connectivity index is 0. The van der Waals surface area contributed by atoms with E-state index in [2.05, 4.69) is 18.7 Å². The van der Waals surface area contributed by atoms with Crippen molar-refractivity contribution < 1.29 is 4.79 Å². The molecule has 0 saturated carbocycles. The number of hydrogen-bond donors (Lipinski definition) is 1. The molecule has 2 unspecified atom stereocenters. The normalized spacial score (nSPS) is 20.3. The number of halogens is 2. The van der Waals surface area contributed by atoms with Crippen molar-refractivity contribution in [2.75, 3.05) is 26.2 Å². The standard InChI is InChI=1S/C12H25N3O.2ClH/c1-4-14(5-2)11-6-7-15(9-11)12(16)8-10(3)13;;/h10-11H,4-9,13H2,1-3H3;2*1H. The van der Waals surface area contributed by atoms with E-state index in [9.17, 15) is 4.79 Å². The fraction of sp³-hybridized carbons (Fsp3) is 0.917. The van der Waals surface area contributed by atoms with Crippen LogP contribution in [0.4, 0.5) is 0 Å². The minimum Gasteiger partial charge on any atom is -0.341 e. The average Bonchev–Trinajstić information content (AvgIpc) is 2.68. The van der Waals surface area contributed by atoms with E-state index in [-0.39, 0.29) is 36.8 Å². The van der Waals surface area contributed by atoms with Crippen LogP contribution < -0.4 is 5.73 Å². The maximum Gasteiger partial charge on any atom is 0.224 e. The number of carbonyl (C=O) groups excluding carboxylic acids is 1. The second-order valence-corrected chi connectivity index (χ2v) is 4.68. The number of amides is 1. The second-order valence-electron chi connectivity index (χ2n) is 4.68. The van der Waals surface area contributed by atoms with Crippen molar-refractivity contribution >= 4 is 30.7 Å². The minimum atomic E-state index is -0.0278. The smallest absolute Gasteiger partial charge is 0.224 e. The topological polar surface area (TPSA) is 49.6 Å². The predicted molar refractivity (Wildman–Crippen MR) is 80.7 cm³/mol. The van der Waals surface area contributed by atoms with Gasteiger partial charge in [0.2, 0.25) is 5.91 Å². The molecule has 4 nitrogen and oxygen atoms in total. The second kappa shape index (κ2) is 9.84. The van der Waals surface area contributed by atoms with E-state index < -0.39 is 0 Å². The van der Waals surface area contributed by atoms with E-state index in [0.29, 0.717) is 12.5 Å². The van der Waals surface area contributed by atoms with Gasteiger partial charge in [0.15, 0.2) is 0 Å². The summed E-state index contributed by atoms with van der Waals surface area (Å²) < 4.78 is 0. The average molecular weight is 300 g/mol. The summed E-state index contributed by atoms with van der Waals surface area (Å²) in [4.78, 5) is 16.2. The van der Waals surface area contributed by atoms with Gasteiger partial charge in [-0.05, 0) is 26.4 Å². The molecule has 1 saturated heterocycles. The fourth-order valence-corrected chi connectivity index (χ4v) is 2.41. The number of carbonyl (C=O) groups is 1. The van der Waals surface area contributed by atoms with Gasteiger partial charge in [0.1, 0.15) is 0 Å². The third-order valence-electron chi connectivity index (χ3n) is 3.34. The Morgan fingerprint density at radius 3 is 2.39 bits per heavy atom. The lowest BCUT2D eigenvalue weighted by molar-refractivity contribution is -0.130. The molecule has 0 aromatic rings. The predicted octanol–water partition coefficient (Wildman–Crippen LogP) is 1.51. The quantitative estimate of drug-likeness (QED) is 0.837. The van der Waals surface area contributed by atoms with E-state index >= 15 is 0 Å². The highest BCUT2D eigenvalue weighted by atomic mass is 35.5. The fourth-order valence-electron chi connectivity index (χ4n) is 2.41. The Kier molecular flexibility index (Phi) is 11.1. The summed E-state index contributed by atoms with van der Waals surface area (Å²) in [5.74, 6) is 0.213. The van der Waals surface area contributed by atoms with Crippen molar-refractivity contribution in [3.63, 3.8) is 0 Å². The summed E-state index contributed by atoms with van der Waals surface area (Å²) in [6.07, 6.45) is 1.58. The van der Waals surface area contributed by atoms with Crippen LogP contribution in [-0.2, 0) is 4.79 Å². The first-order valence-electron chi connectivity index (χ1n) is 6.35. The van der Waals surface area contributed by atoms with Crippen LogP contribution in [0.1, 0.15) is 33.6 Å². The highest BCUT2D eigenvalue weighted by molar-refractivity contribution is 5.85. The molecule has 1 aliphatic rings. The van der Waals surface area contributed by atoms with Crippen molar-refractivity contribution in [2.24, 2.45) is 5.73 Å². The van der Waals surface area contributed by atoms with Gasteiger partial charge in [-0.2, -0.15) is 0 Å². The van der Waals surface area contributed by atoms with Crippen LogP contribution in [0.5, 0.6) is 0 Å². The molecule has 1 amide bonds. The SMILES string of the molecule is CCN(CC)C1CCN(C(=O)CC(C)N)C1.Cl.Cl. The molecule has 1 heterocycles. The van der Waals surface area contributed by atoms with E-state index in [1.165, 1.54) is 0 Å². The van der Waals surface area contributed by atoms with E-state index in [1.807, 2.05) is 11.8 Å². The number of likely N-dealkylation sites (N-methyl/N-ethyl adjacent to an activating group) is 1. The van der Waals surface area contributed by atoms with Gasteiger partial charge >= 0.3 is 0 Å². The molecular formula is C12H27Cl2N3O. The zero-order chi connectivity index (χ0) is 12.1. The lowest BCUT2D eigenvalue weighted by Crippen LogP contribution is -2.39. The molecule has 0 radical (unpaired) electrons. The summed E-state index contributed by atoms with van der Waals surface area (Å²) in [5.41, 5.74) is 5.65. The van der Waals surface area contributed by atoms with Crippen LogP contribution in [0.2, 0.25) is 0 Å². The van der Waals surface area contributed by atoms with Gasteiger partial charge in [-0.15, -0.1) is 24.8 Å². The zero-order valence-electron chi connectivity index (χ0n) is 11.6. The third kappa shape index (κ3) is 5.74. The Bertz CT molecular complexity index is 235. The molecule has 2 atom stereocenters. The summed E-state index contributed by atoms with van der Waals surface area (Å²) in [7, 11) is 0. The largest absolute Gasteiger partial charge is 0.341 e. The van der Waals surface area contributed by atoms with Crippen molar-refractivity contribution in [3.05, 3.63) is 0 Å².